The maximum atomic E-state index is 12.0. The normalized spacial score (nSPS) is 10.0. The average molecular weight is 281 g/mol. The van der Waals surface area contributed by atoms with Crippen LogP contribution in [0.5, 0.6) is 5.75 Å². The Morgan fingerprint density at radius 2 is 1.80 bits per heavy atom. The van der Waals surface area contributed by atoms with E-state index >= 15 is 0 Å². The van der Waals surface area contributed by atoms with E-state index < -0.39 is 0 Å². The van der Waals surface area contributed by atoms with Crippen LogP contribution < -0.4 is 15.4 Å². The minimum atomic E-state index is 0.0284. The van der Waals surface area contributed by atoms with Gasteiger partial charge in [0.2, 0.25) is 11.7 Å². The molecule has 1 aromatic rings. The first-order chi connectivity index (χ1) is 9.67. The van der Waals surface area contributed by atoms with Gasteiger partial charge in [-0.25, -0.2) is 9.97 Å². The number of methoxy groups -OCH3 is 1. The number of hydrogen-bond acceptors (Lipinski definition) is 6. The number of ether oxygens (including phenoxy) is 1. The molecule has 0 atom stereocenters. The van der Waals surface area contributed by atoms with Crippen LogP contribution >= 0.6 is 0 Å². The summed E-state index contributed by atoms with van der Waals surface area (Å²) in [6, 6.07) is 0. The van der Waals surface area contributed by atoms with Crippen LogP contribution in [0.1, 0.15) is 20.8 Å². The molecule has 20 heavy (non-hydrogen) atoms. The number of anilines is 2. The molecule has 0 radical (unpaired) electrons. The summed E-state index contributed by atoms with van der Waals surface area (Å²) in [5, 5.41) is 6.09. The van der Waals surface area contributed by atoms with Crippen LogP contribution in [-0.4, -0.2) is 54.1 Å². The number of nitrogens with zero attached hydrogens (tertiary/aromatic N) is 3. The van der Waals surface area contributed by atoms with Crippen molar-refractivity contribution in [1.29, 1.82) is 0 Å². The number of carbonyl (C=O) groups excluding carboxylic acids is 1. The summed E-state index contributed by atoms with van der Waals surface area (Å²) in [5.41, 5.74) is 0. The number of hydrogen-bond donors (Lipinski definition) is 2. The van der Waals surface area contributed by atoms with Gasteiger partial charge < -0.3 is 20.3 Å². The highest BCUT2D eigenvalue weighted by Gasteiger charge is 2.14. The summed E-state index contributed by atoms with van der Waals surface area (Å²) < 4.78 is 5.30. The van der Waals surface area contributed by atoms with Gasteiger partial charge >= 0.3 is 0 Å². The van der Waals surface area contributed by atoms with Crippen LogP contribution in [0.15, 0.2) is 6.33 Å². The Morgan fingerprint density at radius 1 is 1.20 bits per heavy atom. The highest BCUT2D eigenvalue weighted by Crippen LogP contribution is 2.28. The largest absolute Gasteiger partial charge is 0.490 e. The van der Waals surface area contributed by atoms with E-state index in [0.29, 0.717) is 30.5 Å². The summed E-state index contributed by atoms with van der Waals surface area (Å²) in [4.78, 5) is 21.9. The van der Waals surface area contributed by atoms with Crippen molar-refractivity contribution in [2.45, 2.75) is 20.8 Å². The summed E-state index contributed by atoms with van der Waals surface area (Å²) in [5.74, 6) is 1.67. The molecule has 0 unspecified atom stereocenters. The smallest absolute Gasteiger partial charge is 0.241 e. The van der Waals surface area contributed by atoms with Crippen LogP contribution in [0.25, 0.3) is 0 Å². The van der Waals surface area contributed by atoms with Gasteiger partial charge in [-0.05, 0) is 20.8 Å². The molecule has 1 rings (SSSR count). The van der Waals surface area contributed by atoms with E-state index in [1.807, 2.05) is 20.8 Å². The molecule has 1 heterocycles. The third-order valence-electron chi connectivity index (χ3n) is 2.88. The van der Waals surface area contributed by atoms with Crippen LogP contribution in [-0.2, 0) is 4.79 Å². The molecular formula is C13H23N5O2. The monoisotopic (exact) mass is 281 g/mol. The lowest BCUT2D eigenvalue weighted by atomic mass is 10.4. The molecule has 0 saturated heterocycles. The predicted octanol–water partition coefficient (Wildman–Crippen LogP) is 1.20. The van der Waals surface area contributed by atoms with Gasteiger partial charge in [-0.3, -0.25) is 4.79 Å². The third-order valence-corrected chi connectivity index (χ3v) is 2.88. The molecule has 0 aliphatic heterocycles. The molecule has 0 spiro atoms. The Kier molecular flexibility index (Phi) is 6.55. The summed E-state index contributed by atoms with van der Waals surface area (Å²) in [6.45, 7) is 8.18. The Hall–Kier alpha value is -2.05. The molecule has 112 valence electrons. The SMILES string of the molecule is CCNc1ncnc(NCC(=O)N(CC)CC)c1OC. The number of rotatable bonds is 8. The topological polar surface area (TPSA) is 79.4 Å². The zero-order chi connectivity index (χ0) is 15.0. The van der Waals surface area contributed by atoms with Gasteiger partial charge in [0.25, 0.3) is 0 Å². The Labute approximate surface area is 119 Å². The molecule has 7 nitrogen and oxygen atoms in total. The molecule has 0 fully saturated rings. The Morgan fingerprint density at radius 3 is 2.30 bits per heavy atom. The maximum absolute atomic E-state index is 12.0. The highest BCUT2D eigenvalue weighted by molar-refractivity contribution is 5.81. The number of amides is 1. The predicted molar refractivity (Wildman–Crippen MR) is 79.2 cm³/mol. The van der Waals surface area contributed by atoms with Gasteiger partial charge in [0.1, 0.15) is 6.33 Å². The van der Waals surface area contributed by atoms with E-state index in [-0.39, 0.29) is 12.5 Å². The second-order valence-corrected chi connectivity index (χ2v) is 4.05. The molecule has 7 heteroatoms. The van der Waals surface area contributed by atoms with Crippen LogP contribution in [0.4, 0.5) is 11.6 Å². The van der Waals surface area contributed by atoms with Crippen LogP contribution in [0, 0.1) is 0 Å². The number of likely N-dealkylation sites (N-methyl/N-ethyl adjacent to an activating group) is 1. The number of aromatic nitrogens is 2. The zero-order valence-corrected chi connectivity index (χ0v) is 12.6. The lowest BCUT2D eigenvalue weighted by Crippen LogP contribution is -2.35. The quantitative estimate of drug-likeness (QED) is 0.745. The van der Waals surface area contributed by atoms with Crippen molar-refractivity contribution in [3.05, 3.63) is 6.33 Å². The van der Waals surface area contributed by atoms with E-state index in [0.717, 1.165) is 6.54 Å². The standard InChI is InChI=1S/C13H23N5O2/c1-5-14-12-11(20-4)13(17-9-16-12)15-8-10(19)18(6-2)7-3/h9H,5-8H2,1-4H3,(H2,14,15,16,17). The van der Waals surface area contributed by atoms with Gasteiger partial charge in [-0.15, -0.1) is 0 Å². The van der Waals surface area contributed by atoms with Crippen molar-refractivity contribution in [2.24, 2.45) is 0 Å². The molecule has 0 saturated carbocycles. The van der Waals surface area contributed by atoms with Gasteiger partial charge in [-0.1, -0.05) is 0 Å². The molecular weight excluding hydrogens is 258 g/mol. The minimum absolute atomic E-state index is 0.0284. The maximum Gasteiger partial charge on any atom is 0.241 e. The number of carbonyl (C=O) groups is 1. The lowest BCUT2D eigenvalue weighted by molar-refractivity contribution is -0.128. The highest BCUT2D eigenvalue weighted by atomic mass is 16.5. The van der Waals surface area contributed by atoms with Gasteiger partial charge in [0.15, 0.2) is 11.6 Å². The van der Waals surface area contributed by atoms with Crippen LogP contribution in [0.3, 0.4) is 0 Å². The molecule has 1 aromatic heterocycles. The molecule has 0 bridgehead atoms. The molecule has 0 aliphatic carbocycles. The minimum Gasteiger partial charge on any atom is -0.490 e. The fourth-order valence-electron chi connectivity index (χ4n) is 1.83. The van der Waals surface area contributed by atoms with E-state index in [1.165, 1.54) is 6.33 Å². The zero-order valence-electron chi connectivity index (χ0n) is 12.6. The summed E-state index contributed by atoms with van der Waals surface area (Å²) in [7, 11) is 1.55. The summed E-state index contributed by atoms with van der Waals surface area (Å²) >= 11 is 0. The van der Waals surface area contributed by atoms with Crippen molar-refractivity contribution in [3.8, 4) is 5.75 Å². The van der Waals surface area contributed by atoms with Crippen LogP contribution in [0.2, 0.25) is 0 Å². The van der Waals surface area contributed by atoms with E-state index in [4.69, 9.17) is 4.74 Å². The summed E-state index contributed by atoms with van der Waals surface area (Å²) in [6.07, 6.45) is 1.44. The number of nitrogens with one attached hydrogen (secondary N) is 2. The van der Waals surface area contributed by atoms with Crippen molar-refractivity contribution < 1.29 is 9.53 Å². The van der Waals surface area contributed by atoms with Gasteiger partial charge in [-0.2, -0.15) is 0 Å². The van der Waals surface area contributed by atoms with E-state index in [9.17, 15) is 4.79 Å². The fraction of sp³-hybridized carbons (Fsp3) is 0.615. The van der Waals surface area contributed by atoms with Crippen molar-refractivity contribution in [3.63, 3.8) is 0 Å². The van der Waals surface area contributed by atoms with E-state index in [1.54, 1.807) is 12.0 Å². The first kappa shape index (κ1) is 16.0. The Bertz CT molecular complexity index is 435. The second kappa shape index (κ2) is 8.19. The average Bonchev–Trinajstić information content (AvgIpc) is 2.46. The molecule has 2 N–H and O–H groups in total. The fourth-order valence-corrected chi connectivity index (χ4v) is 1.83. The second-order valence-electron chi connectivity index (χ2n) is 4.05. The van der Waals surface area contributed by atoms with Crippen molar-refractivity contribution >= 4 is 17.5 Å². The molecule has 0 aliphatic rings. The van der Waals surface area contributed by atoms with Gasteiger partial charge in [0, 0.05) is 19.6 Å². The third kappa shape index (κ3) is 3.97. The molecule has 1 amide bonds. The van der Waals surface area contributed by atoms with Gasteiger partial charge in [0.05, 0.1) is 13.7 Å². The first-order valence-corrected chi connectivity index (χ1v) is 6.82. The first-order valence-electron chi connectivity index (χ1n) is 6.82. The molecule has 0 aromatic carbocycles. The Balaban J connectivity index is 2.77. The van der Waals surface area contributed by atoms with E-state index in [2.05, 4.69) is 20.6 Å². The lowest BCUT2D eigenvalue weighted by Gasteiger charge is -2.19. The van der Waals surface area contributed by atoms with Crippen molar-refractivity contribution in [2.75, 3.05) is 43.9 Å². The van der Waals surface area contributed by atoms with Crippen molar-refractivity contribution in [1.82, 2.24) is 14.9 Å².